The van der Waals surface area contributed by atoms with Gasteiger partial charge in [0.25, 0.3) is 0 Å². The van der Waals surface area contributed by atoms with Gasteiger partial charge in [0.1, 0.15) is 0 Å². The van der Waals surface area contributed by atoms with Crippen LogP contribution in [-0.2, 0) is 5.41 Å². The van der Waals surface area contributed by atoms with Gasteiger partial charge in [0.05, 0.1) is 0 Å². The second-order valence-corrected chi connectivity index (χ2v) is 5.13. The van der Waals surface area contributed by atoms with Crippen molar-refractivity contribution in [2.24, 2.45) is 5.92 Å². The van der Waals surface area contributed by atoms with Gasteiger partial charge < -0.3 is 0 Å². The highest BCUT2D eigenvalue weighted by atomic mass is 14.3. The first-order valence-corrected chi connectivity index (χ1v) is 6.14. The van der Waals surface area contributed by atoms with E-state index in [0.717, 1.165) is 5.92 Å². The molecule has 15 heavy (non-hydrogen) atoms. The lowest BCUT2D eigenvalue weighted by molar-refractivity contribution is 0.316. The Bertz CT molecular complexity index is 271. The summed E-state index contributed by atoms with van der Waals surface area (Å²) >= 11 is 0. The number of unbranched alkanes of at least 4 members (excludes halogenated alkanes) is 1. The van der Waals surface area contributed by atoms with Gasteiger partial charge in [-0.3, -0.25) is 0 Å². The van der Waals surface area contributed by atoms with E-state index in [0.29, 0.717) is 5.41 Å². The van der Waals surface area contributed by atoms with Crippen LogP contribution in [0, 0.1) is 5.92 Å². The fourth-order valence-electron chi connectivity index (χ4n) is 2.02. The van der Waals surface area contributed by atoms with Gasteiger partial charge in [0.2, 0.25) is 0 Å². The maximum Gasteiger partial charge on any atom is -0.00779 e. The van der Waals surface area contributed by atoms with Crippen molar-refractivity contribution in [3.05, 3.63) is 35.9 Å². The third-order valence-electron chi connectivity index (χ3n) is 3.74. The fraction of sp³-hybridized carbons (Fsp3) is 0.600. The molecule has 0 aliphatic carbocycles. The number of hydrogen-bond acceptors (Lipinski definition) is 0. The summed E-state index contributed by atoms with van der Waals surface area (Å²) in [5.41, 5.74) is 1.77. The molecule has 0 saturated heterocycles. The molecule has 1 aromatic rings. The molecule has 0 bridgehead atoms. The predicted molar refractivity (Wildman–Crippen MR) is 68.2 cm³/mol. The van der Waals surface area contributed by atoms with Gasteiger partial charge in [-0.05, 0) is 23.3 Å². The van der Waals surface area contributed by atoms with Crippen LogP contribution < -0.4 is 0 Å². The lowest BCUT2D eigenvalue weighted by Crippen LogP contribution is -2.26. The zero-order valence-electron chi connectivity index (χ0n) is 10.6. The Labute approximate surface area is 94.7 Å². The minimum Gasteiger partial charge on any atom is -0.0654 e. The number of hydrogen-bond donors (Lipinski definition) is 0. The van der Waals surface area contributed by atoms with Gasteiger partial charge in [0, 0.05) is 0 Å². The Kier molecular flexibility index (Phi) is 4.38. The predicted octanol–water partition coefficient (Wildman–Crippen LogP) is 4.79. The highest BCUT2D eigenvalue weighted by molar-refractivity contribution is 5.24. The van der Waals surface area contributed by atoms with Gasteiger partial charge in [0.15, 0.2) is 0 Å². The lowest BCUT2D eigenvalue weighted by Gasteiger charge is -2.32. The molecule has 1 aromatic carbocycles. The van der Waals surface area contributed by atoms with E-state index in [9.17, 15) is 0 Å². The Morgan fingerprint density at radius 2 is 1.73 bits per heavy atom. The largest absolute Gasteiger partial charge is 0.0654 e. The Balaban J connectivity index is 2.73. The van der Waals surface area contributed by atoms with Crippen LogP contribution in [0.3, 0.4) is 0 Å². The number of benzene rings is 1. The quantitative estimate of drug-likeness (QED) is 0.647. The first-order chi connectivity index (χ1) is 7.09. The average molecular weight is 204 g/mol. The first kappa shape index (κ1) is 12.3. The lowest BCUT2D eigenvalue weighted by atomic mass is 9.72. The molecule has 0 heteroatoms. The minimum absolute atomic E-state index is 0.302. The summed E-state index contributed by atoms with van der Waals surface area (Å²) in [5.74, 6) is 0.750. The maximum atomic E-state index is 2.38. The molecule has 0 saturated carbocycles. The van der Waals surface area contributed by atoms with Crippen molar-refractivity contribution in [2.45, 2.75) is 52.4 Å². The van der Waals surface area contributed by atoms with E-state index in [4.69, 9.17) is 0 Å². The van der Waals surface area contributed by atoms with Crippen molar-refractivity contribution >= 4 is 0 Å². The summed E-state index contributed by atoms with van der Waals surface area (Å²) < 4.78 is 0. The van der Waals surface area contributed by atoms with E-state index in [1.165, 1.54) is 24.8 Å². The average Bonchev–Trinajstić information content (AvgIpc) is 2.27. The van der Waals surface area contributed by atoms with E-state index in [1.54, 1.807) is 0 Å². The van der Waals surface area contributed by atoms with Crippen LogP contribution in [0.1, 0.15) is 52.5 Å². The van der Waals surface area contributed by atoms with Crippen LogP contribution in [0.5, 0.6) is 0 Å². The topological polar surface area (TPSA) is 0 Å². The zero-order chi connectivity index (χ0) is 11.3. The van der Waals surface area contributed by atoms with Crippen LogP contribution in [0.4, 0.5) is 0 Å². The molecule has 0 aliphatic heterocycles. The summed E-state index contributed by atoms with van der Waals surface area (Å²) in [6, 6.07) is 10.9. The molecule has 0 fully saturated rings. The fourth-order valence-corrected chi connectivity index (χ4v) is 2.02. The highest BCUT2D eigenvalue weighted by Crippen LogP contribution is 2.34. The van der Waals surface area contributed by atoms with Crippen molar-refractivity contribution < 1.29 is 0 Å². The Morgan fingerprint density at radius 3 is 2.27 bits per heavy atom. The molecule has 0 aromatic heterocycles. The summed E-state index contributed by atoms with van der Waals surface area (Å²) in [5, 5.41) is 0. The summed E-state index contributed by atoms with van der Waals surface area (Å²) in [4.78, 5) is 0. The summed E-state index contributed by atoms with van der Waals surface area (Å²) in [6.07, 6.45) is 3.98. The van der Waals surface area contributed by atoms with Gasteiger partial charge in [-0.15, -0.1) is 0 Å². The SMILES string of the molecule is CCCCC(C)C(C)(C)c1ccccc1. The van der Waals surface area contributed by atoms with Crippen molar-refractivity contribution in [1.82, 2.24) is 0 Å². The van der Waals surface area contributed by atoms with Gasteiger partial charge in [-0.25, -0.2) is 0 Å². The van der Waals surface area contributed by atoms with Crippen molar-refractivity contribution in [1.29, 1.82) is 0 Å². The Hall–Kier alpha value is -0.780. The molecule has 1 atom stereocenters. The van der Waals surface area contributed by atoms with Crippen LogP contribution >= 0.6 is 0 Å². The molecule has 0 radical (unpaired) electrons. The third-order valence-corrected chi connectivity index (χ3v) is 3.74. The van der Waals surface area contributed by atoms with Crippen LogP contribution in [0.25, 0.3) is 0 Å². The molecule has 1 rings (SSSR count). The van der Waals surface area contributed by atoms with Crippen molar-refractivity contribution in [3.8, 4) is 0 Å². The molecule has 1 unspecified atom stereocenters. The molecule has 0 N–H and O–H groups in total. The second kappa shape index (κ2) is 5.34. The van der Waals surface area contributed by atoms with Gasteiger partial charge in [-0.2, -0.15) is 0 Å². The molecule has 0 heterocycles. The van der Waals surface area contributed by atoms with Crippen molar-refractivity contribution in [2.75, 3.05) is 0 Å². The molecule has 84 valence electrons. The molecular formula is C15H24. The van der Waals surface area contributed by atoms with E-state index in [1.807, 2.05) is 0 Å². The molecule has 0 spiro atoms. The monoisotopic (exact) mass is 204 g/mol. The second-order valence-electron chi connectivity index (χ2n) is 5.13. The van der Waals surface area contributed by atoms with E-state index in [2.05, 4.69) is 58.0 Å². The molecule has 0 nitrogen and oxygen atoms in total. The smallest absolute Gasteiger partial charge is 0.00779 e. The van der Waals surface area contributed by atoms with E-state index in [-0.39, 0.29) is 0 Å². The minimum atomic E-state index is 0.302. The maximum absolute atomic E-state index is 2.38. The number of rotatable bonds is 5. The molecule has 0 aliphatic rings. The normalized spacial score (nSPS) is 13.9. The molecular weight excluding hydrogens is 180 g/mol. The van der Waals surface area contributed by atoms with Crippen LogP contribution in [-0.4, -0.2) is 0 Å². The summed E-state index contributed by atoms with van der Waals surface area (Å²) in [6.45, 7) is 9.37. The van der Waals surface area contributed by atoms with E-state index >= 15 is 0 Å². The van der Waals surface area contributed by atoms with Crippen molar-refractivity contribution in [3.63, 3.8) is 0 Å². The molecule has 0 amide bonds. The Morgan fingerprint density at radius 1 is 1.13 bits per heavy atom. The van der Waals surface area contributed by atoms with Crippen LogP contribution in [0.15, 0.2) is 30.3 Å². The van der Waals surface area contributed by atoms with Crippen LogP contribution in [0.2, 0.25) is 0 Å². The summed E-state index contributed by atoms with van der Waals surface area (Å²) in [7, 11) is 0. The standard InChI is InChI=1S/C15H24/c1-5-6-10-13(2)15(3,4)14-11-8-7-9-12-14/h7-9,11-13H,5-6,10H2,1-4H3. The zero-order valence-corrected chi connectivity index (χ0v) is 10.6. The van der Waals surface area contributed by atoms with Gasteiger partial charge >= 0.3 is 0 Å². The first-order valence-electron chi connectivity index (χ1n) is 6.14. The highest BCUT2D eigenvalue weighted by Gasteiger charge is 2.26. The third kappa shape index (κ3) is 3.09. The van der Waals surface area contributed by atoms with Gasteiger partial charge in [-0.1, -0.05) is 70.9 Å². The van der Waals surface area contributed by atoms with E-state index < -0.39 is 0 Å².